The van der Waals surface area contributed by atoms with Gasteiger partial charge in [0.1, 0.15) is 0 Å². The molecule has 1 aromatic carbocycles. The molecule has 0 saturated carbocycles. The Labute approximate surface area is 112 Å². The summed E-state index contributed by atoms with van der Waals surface area (Å²) in [6.45, 7) is 10.3. The van der Waals surface area contributed by atoms with E-state index < -0.39 is 8.07 Å². The predicted octanol–water partition coefficient (Wildman–Crippen LogP) is 2.15. The topological polar surface area (TPSA) is 29.3 Å². The molecule has 18 heavy (non-hydrogen) atoms. The summed E-state index contributed by atoms with van der Waals surface area (Å²) in [5.41, 5.74) is 7.25. The van der Waals surface area contributed by atoms with Gasteiger partial charge in [-0.1, -0.05) is 49.1 Å². The van der Waals surface area contributed by atoms with Crippen molar-refractivity contribution in [1.29, 1.82) is 0 Å². The average molecular weight is 262 g/mol. The molecule has 100 valence electrons. The van der Waals surface area contributed by atoms with Crippen LogP contribution >= 0.6 is 0 Å². The van der Waals surface area contributed by atoms with E-state index in [4.69, 9.17) is 5.73 Å². The zero-order valence-electron chi connectivity index (χ0n) is 11.9. The Bertz CT molecular complexity index is 380. The van der Waals surface area contributed by atoms with Gasteiger partial charge >= 0.3 is 0 Å². The first kappa shape index (κ1) is 13.8. The third kappa shape index (κ3) is 3.22. The van der Waals surface area contributed by atoms with Crippen LogP contribution in [0.3, 0.4) is 0 Å². The van der Waals surface area contributed by atoms with Crippen molar-refractivity contribution >= 4 is 13.3 Å². The van der Waals surface area contributed by atoms with Crippen molar-refractivity contribution in [1.82, 2.24) is 4.90 Å². The summed E-state index contributed by atoms with van der Waals surface area (Å²) in [5, 5.41) is 1.54. The molecule has 0 aromatic heterocycles. The highest BCUT2D eigenvalue weighted by atomic mass is 28.3. The van der Waals surface area contributed by atoms with E-state index in [1.54, 1.807) is 5.19 Å². The molecule has 3 heteroatoms. The highest BCUT2D eigenvalue weighted by molar-refractivity contribution is 6.88. The predicted molar refractivity (Wildman–Crippen MR) is 81.9 cm³/mol. The van der Waals surface area contributed by atoms with Gasteiger partial charge in [-0.15, -0.1) is 0 Å². The molecule has 0 bridgehead atoms. The lowest BCUT2D eigenvalue weighted by molar-refractivity contribution is 0.250. The van der Waals surface area contributed by atoms with Gasteiger partial charge in [0.2, 0.25) is 0 Å². The average Bonchev–Trinajstić information content (AvgIpc) is 2.76. The van der Waals surface area contributed by atoms with E-state index in [0.29, 0.717) is 6.04 Å². The van der Waals surface area contributed by atoms with Gasteiger partial charge in [-0.05, 0) is 24.9 Å². The molecule has 2 rings (SSSR count). The quantitative estimate of drug-likeness (QED) is 0.843. The fourth-order valence-corrected chi connectivity index (χ4v) is 3.88. The molecule has 1 aliphatic heterocycles. The lowest BCUT2D eigenvalue weighted by Gasteiger charge is -2.23. The molecule has 1 heterocycles. The van der Waals surface area contributed by atoms with Gasteiger partial charge in [-0.2, -0.15) is 0 Å². The summed E-state index contributed by atoms with van der Waals surface area (Å²) >= 11 is 0. The monoisotopic (exact) mass is 262 g/mol. The minimum Gasteiger partial charge on any atom is -0.329 e. The first-order valence-corrected chi connectivity index (χ1v) is 10.5. The number of nitrogens with zero attached hydrogens (tertiary/aromatic N) is 1. The fraction of sp³-hybridized carbons (Fsp3) is 0.600. The fourth-order valence-electron chi connectivity index (χ4n) is 2.71. The molecule has 0 spiro atoms. The molecule has 1 atom stereocenters. The third-order valence-electron chi connectivity index (χ3n) is 3.98. The van der Waals surface area contributed by atoms with Gasteiger partial charge in [0.05, 0.1) is 8.07 Å². The van der Waals surface area contributed by atoms with Gasteiger partial charge in [-0.3, -0.25) is 4.90 Å². The van der Waals surface area contributed by atoms with Crippen LogP contribution in [-0.2, 0) is 6.54 Å². The summed E-state index contributed by atoms with van der Waals surface area (Å²) in [7, 11) is -1.15. The number of hydrogen-bond donors (Lipinski definition) is 1. The van der Waals surface area contributed by atoms with Crippen molar-refractivity contribution in [3.63, 3.8) is 0 Å². The van der Waals surface area contributed by atoms with Crippen LogP contribution in [0.4, 0.5) is 0 Å². The molecular formula is C15H26N2Si. The first-order valence-electron chi connectivity index (χ1n) is 7.04. The van der Waals surface area contributed by atoms with Gasteiger partial charge < -0.3 is 5.73 Å². The third-order valence-corrected chi connectivity index (χ3v) is 6.04. The van der Waals surface area contributed by atoms with Crippen molar-refractivity contribution in [3.8, 4) is 0 Å². The van der Waals surface area contributed by atoms with Crippen molar-refractivity contribution in [3.05, 3.63) is 29.8 Å². The van der Waals surface area contributed by atoms with E-state index in [1.807, 2.05) is 0 Å². The minimum atomic E-state index is -1.15. The highest BCUT2D eigenvalue weighted by Crippen LogP contribution is 2.19. The molecule has 0 radical (unpaired) electrons. The first-order chi connectivity index (χ1) is 8.50. The van der Waals surface area contributed by atoms with Crippen molar-refractivity contribution in [2.24, 2.45) is 5.73 Å². The standard InChI is InChI=1S/C15H26N2Si/c1-18(2,3)15-8-6-13(7-9-15)12-17-10-4-5-14(17)11-16/h6-9,14H,4-5,10-12,16H2,1-3H3. The van der Waals surface area contributed by atoms with Crippen LogP contribution in [0.2, 0.25) is 19.6 Å². The van der Waals surface area contributed by atoms with Gasteiger partial charge in [0.25, 0.3) is 0 Å². The second kappa shape index (κ2) is 5.55. The summed E-state index contributed by atoms with van der Waals surface area (Å²) < 4.78 is 0. The largest absolute Gasteiger partial charge is 0.329 e. The molecule has 1 fully saturated rings. The van der Waals surface area contributed by atoms with E-state index in [-0.39, 0.29) is 0 Å². The maximum Gasteiger partial charge on any atom is 0.0775 e. The second-order valence-electron chi connectivity index (χ2n) is 6.45. The zero-order chi connectivity index (χ0) is 13.2. The van der Waals surface area contributed by atoms with Crippen molar-refractivity contribution < 1.29 is 0 Å². The number of benzene rings is 1. The van der Waals surface area contributed by atoms with Crippen LogP contribution in [0, 0.1) is 0 Å². The Morgan fingerprint density at radius 3 is 2.44 bits per heavy atom. The zero-order valence-corrected chi connectivity index (χ0v) is 12.9. The molecule has 0 aliphatic carbocycles. The molecule has 1 aromatic rings. The van der Waals surface area contributed by atoms with Gasteiger partial charge in [0, 0.05) is 19.1 Å². The summed E-state index contributed by atoms with van der Waals surface area (Å²) in [5.74, 6) is 0. The number of likely N-dealkylation sites (tertiary alicyclic amines) is 1. The summed E-state index contributed by atoms with van der Waals surface area (Å²) in [6, 6.07) is 9.87. The second-order valence-corrected chi connectivity index (χ2v) is 11.5. The van der Waals surface area contributed by atoms with Crippen molar-refractivity contribution in [2.45, 2.75) is 45.1 Å². The van der Waals surface area contributed by atoms with Gasteiger partial charge in [0.15, 0.2) is 0 Å². The molecule has 1 saturated heterocycles. The molecule has 1 aliphatic rings. The Balaban J connectivity index is 2.02. The maximum atomic E-state index is 5.82. The van der Waals surface area contributed by atoms with E-state index in [1.165, 1.54) is 24.9 Å². The Kier molecular flexibility index (Phi) is 4.25. The van der Waals surface area contributed by atoms with Gasteiger partial charge in [-0.25, -0.2) is 0 Å². The van der Waals surface area contributed by atoms with Crippen LogP contribution in [-0.4, -0.2) is 32.1 Å². The lowest BCUT2D eigenvalue weighted by atomic mass is 10.2. The molecule has 2 nitrogen and oxygen atoms in total. The van der Waals surface area contributed by atoms with Crippen LogP contribution < -0.4 is 10.9 Å². The number of nitrogens with two attached hydrogens (primary N) is 1. The summed E-state index contributed by atoms with van der Waals surface area (Å²) in [6.07, 6.45) is 2.57. The lowest BCUT2D eigenvalue weighted by Crippen LogP contribution is -2.37. The van der Waals surface area contributed by atoms with E-state index >= 15 is 0 Å². The highest BCUT2D eigenvalue weighted by Gasteiger charge is 2.23. The Morgan fingerprint density at radius 1 is 1.22 bits per heavy atom. The molecule has 0 amide bonds. The Hall–Kier alpha value is -0.643. The summed E-state index contributed by atoms with van der Waals surface area (Å²) in [4.78, 5) is 2.53. The molecule has 1 unspecified atom stereocenters. The number of hydrogen-bond acceptors (Lipinski definition) is 2. The van der Waals surface area contributed by atoms with Crippen molar-refractivity contribution in [2.75, 3.05) is 13.1 Å². The molecular weight excluding hydrogens is 236 g/mol. The van der Waals surface area contributed by atoms with Crippen LogP contribution in [0.1, 0.15) is 18.4 Å². The molecule has 2 N–H and O–H groups in total. The van der Waals surface area contributed by atoms with Crippen LogP contribution in [0.15, 0.2) is 24.3 Å². The van der Waals surface area contributed by atoms with E-state index in [9.17, 15) is 0 Å². The normalized spacial score (nSPS) is 21.4. The van der Waals surface area contributed by atoms with Crippen LogP contribution in [0.5, 0.6) is 0 Å². The SMILES string of the molecule is C[Si](C)(C)c1ccc(CN2CCCC2CN)cc1. The Morgan fingerprint density at radius 2 is 1.89 bits per heavy atom. The van der Waals surface area contributed by atoms with E-state index in [0.717, 1.165) is 13.1 Å². The van der Waals surface area contributed by atoms with Crippen LogP contribution in [0.25, 0.3) is 0 Å². The van der Waals surface area contributed by atoms with E-state index in [2.05, 4.69) is 48.8 Å². The maximum absolute atomic E-state index is 5.82. The smallest absolute Gasteiger partial charge is 0.0775 e. The minimum absolute atomic E-state index is 0.599. The number of rotatable bonds is 4.